The van der Waals surface area contributed by atoms with Gasteiger partial charge in [0.25, 0.3) is 0 Å². The Morgan fingerprint density at radius 1 is 1.11 bits per heavy atom. The highest BCUT2D eigenvalue weighted by Gasteiger charge is 2.15. The maximum absolute atomic E-state index is 3.42. The van der Waals surface area contributed by atoms with Crippen molar-refractivity contribution in [2.24, 2.45) is 11.3 Å². The Labute approximate surface area is 115 Å². The first kappa shape index (κ1) is 16.0. The van der Waals surface area contributed by atoms with E-state index in [2.05, 4.69) is 37.9 Å². The standard InChI is InChI=1S/C16H34N2/c1-5-15(8-9-16(2,3)4)7-6-12-18-13-10-17-11-14-18/h15,17H,5-14H2,1-4H3/t15-/m1/s1. The molecule has 18 heavy (non-hydrogen) atoms. The summed E-state index contributed by atoms with van der Waals surface area (Å²) in [7, 11) is 0. The van der Waals surface area contributed by atoms with Gasteiger partial charge in [0, 0.05) is 26.2 Å². The van der Waals surface area contributed by atoms with Crippen LogP contribution in [0, 0.1) is 11.3 Å². The lowest BCUT2D eigenvalue weighted by Gasteiger charge is -2.28. The van der Waals surface area contributed by atoms with Gasteiger partial charge in [-0.3, -0.25) is 0 Å². The van der Waals surface area contributed by atoms with Crippen LogP contribution in [0.2, 0.25) is 0 Å². The molecule has 0 amide bonds. The first-order valence-corrected chi connectivity index (χ1v) is 7.94. The molecule has 1 N–H and O–H groups in total. The third-order valence-corrected chi connectivity index (χ3v) is 4.18. The second-order valence-electron chi connectivity index (χ2n) is 7.11. The van der Waals surface area contributed by atoms with E-state index >= 15 is 0 Å². The fourth-order valence-corrected chi connectivity index (χ4v) is 2.73. The summed E-state index contributed by atoms with van der Waals surface area (Å²) in [6.07, 6.45) is 6.97. The van der Waals surface area contributed by atoms with Crippen LogP contribution < -0.4 is 5.32 Å². The minimum atomic E-state index is 0.506. The summed E-state index contributed by atoms with van der Waals surface area (Å²) in [4.78, 5) is 2.62. The highest BCUT2D eigenvalue weighted by atomic mass is 15.2. The second kappa shape index (κ2) is 8.16. The maximum atomic E-state index is 3.42. The van der Waals surface area contributed by atoms with Crippen LogP contribution in [0.4, 0.5) is 0 Å². The van der Waals surface area contributed by atoms with E-state index in [9.17, 15) is 0 Å². The molecular weight excluding hydrogens is 220 g/mol. The third-order valence-electron chi connectivity index (χ3n) is 4.18. The molecule has 0 bridgehead atoms. The Kier molecular flexibility index (Phi) is 7.25. The Balaban J connectivity index is 2.10. The normalized spacial score (nSPS) is 20.0. The molecule has 2 nitrogen and oxygen atoms in total. The quantitative estimate of drug-likeness (QED) is 0.748. The lowest BCUT2D eigenvalue weighted by molar-refractivity contribution is 0.225. The van der Waals surface area contributed by atoms with Crippen molar-refractivity contribution in [3.8, 4) is 0 Å². The van der Waals surface area contributed by atoms with Crippen molar-refractivity contribution >= 4 is 0 Å². The molecule has 0 aliphatic carbocycles. The van der Waals surface area contributed by atoms with Gasteiger partial charge in [0.15, 0.2) is 0 Å². The fraction of sp³-hybridized carbons (Fsp3) is 1.00. The molecule has 0 saturated carbocycles. The zero-order chi connectivity index (χ0) is 13.4. The van der Waals surface area contributed by atoms with Crippen molar-refractivity contribution in [1.29, 1.82) is 0 Å². The average Bonchev–Trinajstić information content (AvgIpc) is 2.33. The van der Waals surface area contributed by atoms with Crippen LogP contribution in [-0.4, -0.2) is 37.6 Å². The topological polar surface area (TPSA) is 15.3 Å². The van der Waals surface area contributed by atoms with Gasteiger partial charge in [-0.2, -0.15) is 0 Å². The van der Waals surface area contributed by atoms with Gasteiger partial charge in [-0.25, -0.2) is 0 Å². The minimum Gasteiger partial charge on any atom is -0.314 e. The summed E-state index contributed by atoms with van der Waals surface area (Å²) in [6, 6.07) is 0. The molecule has 0 spiro atoms. The molecule has 0 aromatic heterocycles. The van der Waals surface area contributed by atoms with E-state index in [0.717, 1.165) is 5.92 Å². The van der Waals surface area contributed by atoms with E-state index in [0.29, 0.717) is 5.41 Å². The predicted molar refractivity (Wildman–Crippen MR) is 81.0 cm³/mol. The Morgan fingerprint density at radius 2 is 1.78 bits per heavy atom. The largest absolute Gasteiger partial charge is 0.314 e. The van der Waals surface area contributed by atoms with E-state index in [1.54, 1.807) is 0 Å². The molecule has 1 aliphatic heterocycles. The summed E-state index contributed by atoms with van der Waals surface area (Å²) < 4.78 is 0. The summed E-state index contributed by atoms with van der Waals surface area (Å²) in [6.45, 7) is 15.6. The van der Waals surface area contributed by atoms with Crippen LogP contribution in [0.3, 0.4) is 0 Å². The zero-order valence-corrected chi connectivity index (χ0v) is 13.1. The van der Waals surface area contributed by atoms with E-state index in [1.807, 2.05) is 0 Å². The minimum absolute atomic E-state index is 0.506. The Hall–Kier alpha value is -0.0800. The number of rotatable bonds is 7. The highest BCUT2D eigenvalue weighted by Crippen LogP contribution is 2.27. The molecule has 1 atom stereocenters. The molecule has 1 aliphatic rings. The molecule has 1 heterocycles. The Morgan fingerprint density at radius 3 is 2.33 bits per heavy atom. The van der Waals surface area contributed by atoms with Crippen LogP contribution in [0.15, 0.2) is 0 Å². The molecule has 1 fully saturated rings. The SMILES string of the molecule is CC[C@H](CCCN1CCNCC1)CCC(C)(C)C. The van der Waals surface area contributed by atoms with E-state index in [-0.39, 0.29) is 0 Å². The van der Waals surface area contributed by atoms with Crippen LogP contribution in [0.25, 0.3) is 0 Å². The average molecular weight is 254 g/mol. The van der Waals surface area contributed by atoms with Gasteiger partial charge < -0.3 is 10.2 Å². The highest BCUT2D eigenvalue weighted by molar-refractivity contribution is 4.70. The summed E-state index contributed by atoms with van der Waals surface area (Å²) >= 11 is 0. The van der Waals surface area contributed by atoms with E-state index in [1.165, 1.54) is 64.8 Å². The van der Waals surface area contributed by atoms with Gasteiger partial charge in [0.2, 0.25) is 0 Å². The monoisotopic (exact) mass is 254 g/mol. The summed E-state index contributed by atoms with van der Waals surface area (Å²) in [5.41, 5.74) is 0.506. The van der Waals surface area contributed by atoms with Crippen molar-refractivity contribution in [1.82, 2.24) is 10.2 Å². The fourth-order valence-electron chi connectivity index (χ4n) is 2.73. The number of piperazine rings is 1. The zero-order valence-electron chi connectivity index (χ0n) is 13.1. The van der Waals surface area contributed by atoms with Crippen LogP contribution in [0.5, 0.6) is 0 Å². The lowest BCUT2D eigenvalue weighted by Crippen LogP contribution is -2.43. The molecule has 1 saturated heterocycles. The summed E-state index contributed by atoms with van der Waals surface area (Å²) in [5, 5.41) is 3.42. The molecule has 108 valence electrons. The van der Waals surface area contributed by atoms with Crippen molar-refractivity contribution < 1.29 is 0 Å². The van der Waals surface area contributed by atoms with E-state index in [4.69, 9.17) is 0 Å². The number of hydrogen-bond acceptors (Lipinski definition) is 2. The first-order valence-electron chi connectivity index (χ1n) is 7.94. The third kappa shape index (κ3) is 7.38. The van der Waals surface area contributed by atoms with Crippen LogP contribution in [0.1, 0.15) is 59.8 Å². The Bertz CT molecular complexity index is 202. The first-order chi connectivity index (χ1) is 8.51. The van der Waals surface area contributed by atoms with Crippen LogP contribution >= 0.6 is 0 Å². The molecular formula is C16H34N2. The van der Waals surface area contributed by atoms with Crippen molar-refractivity contribution in [2.45, 2.75) is 59.8 Å². The number of nitrogens with one attached hydrogen (secondary N) is 1. The van der Waals surface area contributed by atoms with Gasteiger partial charge in [-0.05, 0) is 43.6 Å². The van der Waals surface area contributed by atoms with Gasteiger partial charge in [0.05, 0.1) is 0 Å². The molecule has 0 aromatic rings. The van der Waals surface area contributed by atoms with Gasteiger partial charge >= 0.3 is 0 Å². The molecule has 2 heteroatoms. The molecule has 0 aromatic carbocycles. The van der Waals surface area contributed by atoms with Crippen molar-refractivity contribution in [2.75, 3.05) is 32.7 Å². The summed E-state index contributed by atoms with van der Waals surface area (Å²) in [5.74, 6) is 0.951. The molecule has 1 rings (SSSR count). The van der Waals surface area contributed by atoms with Gasteiger partial charge in [0.1, 0.15) is 0 Å². The van der Waals surface area contributed by atoms with E-state index < -0.39 is 0 Å². The number of nitrogens with zero attached hydrogens (tertiary/aromatic N) is 1. The smallest absolute Gasteiger partial charge is 0.0107 e. The predicted octanol–water partition coefficient (Wildman–Crippen LogP) is 3.52. The lowest BCUT2D eigenvalue weighted by atomic mass is 9.84. The maximum Gasteiger partial charge on any atom is 0.0107 e. The molecule has 0 radical (unpaired) electrons. The number of hydrogen-bond donors (Lipinski definition) is 1. The van der Waals surface area contributed by atoms with Crippen molar-refractivity contribution in [3.63, 3.8) is 0 Å². The second-order valence-corrected chi connectivity index (χ2v) is 7.11. The van der Waals surface area contributed by atoms with Crippen LogP contribution in [-0.2, 0) is 0 Å². The van der Waals surface area contributed by atoms with Crippen molar-refractivity contribution in [3.05, 3.63) is 0 Å². The van der Waals surface area contributed by atoms with Gasteiger partial charge in [-0.1, -0.05) is 34.1 Å². The van der Waals surface area contributed by atoms with Gasteiger partial charge in [-0.15, -0.1) is 0 Å². The molecule has 0 unspecified atom stereocenters.